The molecule has 1 aliphatic heterocycles. The van der Waals surface area contributed by atoms with Crippen molar-refractivity contribution in [2.24, 2.45) is 0 Å². The SMILES string of the molecule is CCCCC/C=C\CCCCCCCC(=O)NC(COC1OC(CO)C(O)C(O)C1O)C(O)/C=C/CC/C=C/CC/C=C/CCCCCCCCCCCC. The first kappa shape index (κ1) is 51.2. The van der Waals surface area contributed by atoms with Gasteiger partial charge in [0.2, 0.25) is 5.91 Å². The van der Waals surface area contributed by atoms with Gasteiger partial charge in [0.1, 0.15) is 24.4 Å². The first-order chi connectivity index (χ1) is 26.8. The van der Waals surface area contributed by atoms with E-state index in [0.717, 1.165) is 70.6 Å². The predicted molar refractivity (Wildman–Crippen MR) is 226 cm³/mol. The summed E-state index contributed by atoms with van der Waals surface area (Å²) in [4.78, 5) is 12.9. The minimum Gasteiger partial charge on any atom is -0.394 e. The lowest BCUT2D eigenvalue weighted by molar-refractivity contribution is -0.302. The molecule has 0 bridgehead atoms. The van der Waals surface area contributed by atoms with Gasteiger partial charge in [0.15, 0.2) is 6.29 Å². The van der Waals surface area contributed by atoms with Crippen molar-refractivity contribution in [1.82, 2.24) is 5.32 Å². The molecule has 9 heteroatoms. The van der Waals surface area contributed by atoms with Gasteiger partial charge in [0, 0.05) is 6.42 Å². The summed E-state index contributed by atoms with van der Waals surface area (Å²) >= 11 is 0. The number of nitrogens with one attached hydrogen (secondary N) is 1. The molecule has 1 aliphatic rings. The molecule has 0 aromatic carbocycles. The van der Waals surface area contributed by atoms with Crippen LogP contribution in [0.1, 0.15) is 181 Å². The van der Waals surface area contributed by atoms with Crippen molar-refractivity contribution >= 4 is 5.91 Å². The van der Waals surface area contributed by atoms with E-state index in [9.17, 15) is 30.3 Å². The number of unbranched alkanes of at least 4 members (excludes halogenated alkanes) is 20. The Labute approximate surface area is 335 Å². The van der Waals surface area contributed by atoms with Crippen LogP contribution in [0.25, 0.3) is 0 Å². The molecule has 0 radical (unpaired) electrons. The Morgan fingerprint density at radius 1 is 0.600 bits per heavy atom. The van der Waals surface area contributed by atoms with E-state index in [1.807, 2.05) is 6.08 Å². The molecule has 0 saturated carbocycles. The van der Waals surface area contributed by atoms with Gasteiger partial charge in [-0.15, -0.1) is 0 Å². The topological polar surface area (TPSA) is 149 Å². The summed E-state index contributed by atoms with van der Waals surface area (Å²) in [6.07, 6.45) is 38.7. The molecule has 1 rings (SSSR count). The summed E-state index contributed by atoms with van der Waals surface area (Å²) in [5.41, 5.74) is 0. The number of allylic oxidation sites excluding steroid dienone is 7. The fraction of sp³-hybridized carbons (Fsp3) is 0.804. The van der Waals surface area contributed by atoms with Crippen LogP contribution < -0.4 is 5.32 Å². The highest BCUT2D eigenvalue weighted by Gasteiger charge is 2.44. The molecule has 1 saturated heterocycles. The molecule has 0 spiro atoms. The Kier molecular flexibility index (Phi) is 33.9. The molecule has 6 N–H and O–H groups in total. The summed E-state index contributed by atoms with van der Waals surface area (Å²) in [6.45, 7) is 3.70. The zero-order valence-electron chi connectivity index (χ0n) is 34.9. The minimum absolute atomic E-state index is 0.203. The number of hydrogen-bond acceptors (Lipinski definition) is 8. The highest BCUT2D eigenvalue weighted by molar-refractivity contribution is 5.76. The standard InChI is InChI=1S/C46H83NO8/c1-3-5-7-9-11-13-15-17-18-19-20-21-22-23-24-25-27-29-31-33-35-40(49)39(38-54-46-45(53)44(52)43(51)41(37-48)55-46)47-42(50)36-34-32-30-28-26-16-14-12-10-8-6-4-2/h12,14,21-22,25,27,33,35,39-41,43-46,48-49,51-53H,3-11,13,15-20,23-24,26,28-32,34,36-38H2,1-2H3,(H,47,50)/b14-12-,22-21+,27-25+,35-33+. The monoisotopic (exact) mass is 778 g/mol. The van der Waals surface area contributed by atoms with Gasteiger partial charge in [0.25, 0.3) is 0 Å². The van der Waals surface area contributed by atoms with Crippen LogP contribution in [0.4, 0.5) is 0 Å². The van der Waals surface area contributed by atoms with Crippen molar-refractivity contribution < 1.29 is 39.8 Å². The van der Waals surface area contributed by atoms with Gasteiger partial charge < -0.3 is 40.3 Å². The smallest absolute Gasteiger partial charge is 0.220 e. The molecule has 1 fully saturated rings. The van der Waals surface area contributed by atoms with Gasteiger partial charge in [-0.25, -0.2) is 0 Å². The molecule has 7 unspecified atom stereocenters. The fourth-order valence-corrected chi connectivity index (χ4v) is 6.71. The van der Waals surface area contributed by atoms with E-state index in [0.29, 0.717) is 6.42 Å². The van der Waals surface area contributed by atoms with Crippen LogP contribution >= 0.6 is 0 Å². The Morgan fingerprint density at radius 3 is 1.56 bits per heavy atom. The van der Waals surface area contributed by atoms with Crippen molar-refractivity contribution in [3.8, 4) is 0 Å². The zero-order chi connectivity index (χ0) is 40.2. The van der Waals surface area contributed by atoms with Crippen molar-refractivity contribution in [3.05, 3.63) is 48.6 Å². The van der Waals surface area contributed by atoms with Gasteiger partial charge in [-0.1, -0.05) is 152 Å². The van der Waals surface area contributed by atoms with Crippen LogP contribution in [0, 0.1) is 0 Å². The lowest BCUT2D eigenvalue weighted by Crippen LogP contribution is -2.60. The first-order valence-electron chi connectivity index (χ1n) is 22.4. The maximum Gasteiger partial charge on any atom is 0.220 e. The maximum absolute atomic E-state index is 12.9. The number of carbonyl (C=O) groups is 1. The first-order valence-corrected chi connectivity index (χ1v) is 22.4. The molecule has 0 aromatic heterocycles. The van der Waals surface area contributed by atoms with Gasteiger partial charge in [-0.2, -0.15) is 0 Å². The van der Waals surface area contributed by atoms with Gasteiger partial charge in [-0.3, -0.25) is 4.79 Å². The zero-order valence-corrected chi connectivity index (χ0v) is 34.9. The molecule has 9 nitrogen and oxygen atoms in total. The number of rotatable bonds is 36. The second-order valence-electron chi connectivity index (χ2n) is 15.5. The van der Waals surface area contributed by atoms with Crippen LogP contribution in [0.2, 0.25) is 0 Å². The van der Waals surface area contributed by atoms with E-state index in [1.165, 1.54) is 89.9 Å². The van der Waals surface area contributed by atoms with E-state index in [2.05, 4.69) is 55.6 Å². The molecule has 7 atom stereocenters. The van der Waals surface area contributed by atoms with Crippen LogP contribution in [-0.4, -0.2) is 87.5 Å². The average Bonchev–Trinajstić information content (AvgIpc) is 3.18. The largest absolute Gasteiger partial charge is 0.394 e. The lowest BCUT2D eigenvalue weighted by Gasteiger charge is -2.40. The third-order valence-corrected chi connectivity index (χ3v) is 10.4. The number of ether oxygens (including phenoxy) is 2. The molecular weight excluding hydrogens is 695 g/mol. The number of aliphatic hydroxyl groups excluding tert-OH is 5. The van der Waals surface area contributed by atoms with Gasteiger partial charge in [0.05, 0.1) is 25.4 Å². The predicted octanol–water partition coefficient (Wildman–Crippen LogP) is 9.06. The number of amides is 1. The minimum atomic E-state index is -1.57. The molecule has 1 amide bonds. The van der Waals surface area contributed by atoms with Crippen LogP contribution in [0.15, 0.2) is 48.6 Å². The van der Waals surface area contributed by atoms with E-state index in [4.69, 9.17) is 9.47 Å². The molecule has 0 aliphatic carbocycles. The van der Waals surface area contributed by atoms with E-state index >= 15 is 0 Å². The third-order valence-electron chi connectivity index (χ3n) is 10.4. The lowest BCUT2D eigenvalue weighted by atomic mass is 9.99. The molecular formula is C46H83NO8. The van der Waals surface area contributed by atoms with Crippen molar-refractivity contribution in [1.29, 1.82) is 0 Å². The van der Waals surface area contributed by atoms with Crippen molar-refractivity contribution in [2.45, 2.75) is 224 Å². The summed E-state index contributed by atoms with van der Waals surface area (Å²) in [5.74, 6) is -0.203. The number of aliphatic hydroxyl groups is 5. The fourth-order valence-electron chi connectivity index (χ4n) is 6.71. The summed E-state index contributed by atoms with van der Waals surface area (Å²) < 4.78 is 11.2. The van der Waals surface area contributed by atoms with Crippen LogP contribution in [0.3, 0.4) is 0 Å². The maximum atomic E-state index is 12.9. The molecule has 1 heterocycles. The van der Waals surface area contributed by atoms with Gasteiger partial charge >= 0.3 is 0 Å². The quantitative estimate of drug-likeness (QED) is 0.0273. The highest BCUT2D eigenvalue weighted by Crippen LogP contribution is 2.22. The Bertz CT molecular complexity index is 998. The summed E-state index contributed by atoms with van der Waals surface area (Å²) in [6, 6.07) is -0.831. The van der Waals surface area contributed by atoms with Gasteiger partial charge in [-0.05, 0) is 70.6 Å². The third kappa shape index (κ3) is 27.4. The second kappa shape index (κ2) is 36.5. The van der Waals surface area contributed by atoms with Crippen molar-refractivity contribution in [2.75, 3.05) is 13.2 Å². The Balaban J connectivity index is 2.41. The van der Waals surface area contributed by atoms with E-state index < -0.39 is 49.5 Å². The average molecular weight is 778 g/mol. The second-order valence-corrected chi connectivity index (χ2v) is 15.5. The number of hydrogen-bond donors (Lipinski definition) is 6. The Hall–Kier alpha value is -1.85. The van der Waals surface area contributed by atoms with E-state index in [1.54, 1.807) is 6.08 Å². The number of carbonyl (C=O) groups excluding carboxylic acids is 1. The van der Waals surface area contributed by atoms with Crippen LogP contribution in [0.5, 0.6) is 0 Å². The van der Waals surface area contributed by atoms with E-state index in [-0.39, 0.29) is 12.5 Å². The molecule has 320 valence electrons. The van der Waals surface area contributed by atoms with Crippen molar-refractivity contribution in [3.63, 3.8) is 0 Å². The summed E-state index contributed by atoms with van der Waals surface area (Å²) in [5, 5.41) is 54.1. The normalized spacial score (nSPS) is 21.8. The Morgan fingerprint density at radius 2 is 1.04 bits per heavy atom. The highest BCUT2D eigenvalue weighted by atomic mass is 16.7. The molecule has 0 aromatic rings. The molecule has 55 heavy (non-hydrogen) atoms. The summed E-state index contributed by atoms with van der Waals surface area (Å²) in [7, 11) is 0. The van der Waals surface area contributed by atoms with Crippen LogP contribution in [-0.2, 0) is 14.3 Å².